The van der Waals surface area contributed by atoms with Crippen LogP contribution in [0.25, 0.3) is 11.3 Å². The minimum Gasteiger partial charge on any atom is -0.497 e. The molecule has 2 aromatic heterocycles. The first-order chi connectivity index (χ1) is 14.5. The second-order valence-corrected chi connectivity index (χ2v) is 7.82. The lowest BCUT2D eigenvalue weighted by molar-refractivity contribution is -0.130. The molecule has 0 aliphatic rings. The average molecular weight is 428 g/mol. The summed E-state index contributed by atoms with van der Waals surface area (Å²) in [4.78, 5) is 27.6. The van der Waals surface area contributed by atoms with Crippen LogP contribution < -0.4 is 15.0 Å². The monoisotopic (exact) mass is 427 g/mol. The van der Waals surface area contributed by atoms with Gasteiger partial charge < -0.3 is 14.4 Å². The summed E-state index contributed by atoms with van der Waals surface area (Å²) in [6, 6.07) is 12.8. The van der Waals surface area contributed by atoms with Gasteiger partial charge >= 0.3 is 0 Å². The zero-order chi connectivity index (χ0) is 21.5. The molecule has 3 rings (SSSR count). The van der Waals surface area contributed by atoms with Gasteiger partial charge in [0.1, 0.15) is 11.4 Å². The highest BCUT2D eigenvalue weighted by molar-refractivity contribution is 7.09. The second kappa shape index (κ2) is 10.1. The third-order valence-electron chi connectivity index (χ3n) is 4.71. The smallest absolute Gasteiger partial charge is 0.270 e. The van der Waals surface area contributed by atoms with Gasteiger partial charge in [0.15, 0.2) is 5.75 Å². The molecule has 1 amide bonds. The Kier molecular flexibility index (Phi) is 7.24. The van der Waals surface area contributed by atoms with E-state index in [1.54, 1.807) is 30.4 Å². The number of hydrogen-bond acceptors (Lipinski definition) is 6. The van der Waals surface area contributed by atoms with Crippen LogP contribution in [0, 0.1) is 0 Å². The topological polar surface area (TPSA) is 73.7 Å². The third kappa shape index (κ3) is 5.27. The van der Waals surface area contributed by atoms with Crippen molar-refractivity contribution in [1.29, 1.82) is 0 Å². The average Bonchev–Trinajstić information content (AvgIpc) is 3.27. The van der Waals surface area contributed by atoms with Crippen molar-refractivity contribution in [2.75, 3.05) is 21.3 Å². The van der Waals surface area contributed by atoms with Crippen LogP contribution in [-0.2, 0) is 17.9 Å². The Bertz CT molecular complexity index is 1030. The normalized spacial score (nSPS) is 10.6. The molecule has 0 spiro atoms. The zero-order valence-electron chi connectivity index (χ0n) is 17.3. The fraction of sp³-hybridized carbons (Fsp3) is 0.318. The van der Waals surface area contributed by atoms with E-state index in [0.717, 1.165) is 16.2 Å². The minimum absolute atomic E-state index is 0.0420. The van der Waals surface area contributed by atoms with Crippen molar-refractivity contribution in [3.8, 4) is 22.8 Å². The molecule has 0 aliphatic carbocycles. The van der Waals surface area contributed by atoms with Crippen LogP contribution in [0.15, 0.2) is 52.6 Å². The van der Waals surface area contributed by atoms with Gasteiger partial charge in [0.25, 0.3) is 5.56 Å². The Morgan fingerprint density at radius 2 is 1.93 bits per heavy atom. The first kappa shape index (κ1) is 21.6. The number of nitrogens with zero attached hydrogens (tertiary/aromatic N) is 3. The van der Waals surface area contributed by atoms with E-state index >= 15 is 0 Å². The molecule has 3 aromatic rings. The maximum Gasteiger partial charge on any atom is 0.270 e. The summed E-state index contributed by atoms with van der Waals surface area (Å²) in [7, 11) is 4.91. The standard InChI is InChI=1S/C22H25N3O4S/c1-24(15-18-6-5-13-30-18)20(26)7-4-12-25-21(27)14-19(29-3)22(23-25)16-8-10-17(28-2)11-9-16/h5-6,8-11,13-14H,4,7,12,15H2,1-3H3. The van der Waals surface area contributed by atoms with Crippen molar-refractivity contribution < 1.29 is 14.3 Å². The maximum absolute atomic E-state index is 12.4. The number of aromatic nitrogens is 2. The van der Waals surface area contributed by atoms with Gasteiger partial charge in [0.2, 0.25) is 5.91 Å². The molecule has 158 valence electrons. The first-order valence-electron chi connectivity index (χ1n) is 9.58. The first-order valence-corrected chi connectivity index (χ1v) is 10.5. The molecule has 0 aliphatic heterocycles. The number of amides is 1. The summed E-state index contributed by atoms with van der Waals surface area (Å²) in [5.41, 5.74) is 1.12. The van der Waals surface area contributed by atoms with Crippen LogP contribution in [-0.4, -0.2) is 41.9 Å². The molecule has 0 bridgehead atoms. The summed E-state index contributed by atoms with van der Waals surface area (Å²) >= 11 is 1.63. The molecule has 8 heteroatoms. The maximum atomic E-state index is 12.4. The van der Waals surface area contributed by atoms with Crippen LogP contribution in [0.5, 0.6) is 11.5 Å². The molecule has 0 fully saturated rings. The number of carbonyl (C=O) groups is 1. The number of methoxy groups -OCH3 is 2. The van der Waals surface area contributed by atoms with Crippen molar-refractivity contribution in [1.82, 2.24) is 14.7 Å². The van der Waals surface area contributed by atoms with Crippen molar-refractivity contribution in [2.24, 2.45) is 0 Å². The molecular weight excluding hydrogens is 402 g/mol. The summed E-state index contributed by atoms with van der Waals surface area (Å²) in [6.07, 6.45) is 0.870. The fourth-order valence-electron chi connectivity index (χ4n) is 3.03. The molecule has 0 N–H and O–H groups in total. The predicted octanol–water partition coefficient (Wildman–Crippen LogP) is 3.43. The van der Waals surface area contributed by atoms with Gasteiger partial charge in [-0.05, 0) is 42.1 Å². The van der Waals surface area contributed by atoms with Crippen molar-refractivity contribution in [3.05, 3.63) is 63.1 Å². The number of benzene rings is 1. The largest absolute Gasteiger partial charge is 0.497 e. The Hall–Kier alpha value is -3.13. The van der Waals surface area contributed by atoms with E-state index in [0.29, 0.717) is 37.4 Å². The van der Waals surface area contributed by atoms with Gasteiger partial charge in [0.05, 0.1) is 20.8 Å². The highest BCUT2D eigenvalue weighted by atomic mass is 32.1. The van der Waals surface area contributed by atoms with E-state index < -0.39 is 0 Å². The lowest BCUT2D eigenvalue weighted by Gasteiger charge is -2.16. The molecule has 0 radical (unpaired) electrons. The van der Waals surface area contributed by atoms with Crippen LogP contribution in [0.4, 0.5) is 0 Å². The van der Waals surface area contributed by atoms with Crippen LogP contribution in [0.2, 0.25) is 0 Å². The summed E-state index contributed by atoms with van der Waals surface area (Å²) in [5, 5.41) is 6.48. The molecule has 2 heterocycles. The summed E-state index contributed by atoms with van der Waals surface area (Å²) in [6.45, 7) is 0.948. The predicted molar refractivity (Wildman–Crippen MR) is 117 cm³/mol. The van der Waals surface area contributed by atoms with E-state index in [2.05, 4.69) is 5.10 Å². The molecule has 7 nitrogen and oxygen atoms in total. The van der Waals surface area contributed by atoms with Crippen molar-refractivity contribution in [2.45, 2.75) is 25.9 Å². The number of rotatable bonds is 9. The van der Waals surface area contributed by atoms with E-state index in [1.807, 2.05) is 41.8 Å². The Labute approximate surface area is 179 Å². The van der Waals surface area contributed by atoms with Gasteiger partial charge in [-0.1, -0.05) is 6.07 Å². The molecule has 1 aromatic carbocycles. The highest BCUT2D eigenvalue weighted by Gasteiger charge is 2.14. The molecular formula is C22H25N3O4S. The third-order valence-corrected chi connectivity index (χ3v) is 5.57. The van der Waals surface area contributed by atoms with E-state index in [1.165, 1.54) is 17.9 Å². The Morgan fingerprint density at radius 1 is 1.17 bits per heavy atom. The van der Waals surface area contributed by atoms with Crippen LogP contribution >= 0.6 is 11.3 Å². The van der Waals surface area contributed by atoms with Crippen molar-refractivity contribution >= 4 is 17.2 Å². The molecule has 0 atom stereocenters. The number of carbonyl (C=O) groups excluding carboxylic acids is 1. The molecule has 0 saturated heterocycles. The van der Waals surface area contributed by atoms with E-state index in [4.69, 9.17) is 9.47 Å². The minimum atomic E-state index is -0.261. The van der Waals surface area contributed by atoms with Gasteiger partial charge in [0, 0.05) is 36.5 Å². The van der Waals surface area contributed by atoms with Crippen molar-refractivity contribution in [3.63, 3.8) is 0 Å². The number of thiophene rings is 1. The number of hydrogen-bond donors (Lipinski definition) is 0. The summed E-state index contributed by atoms with van der Waals surface area (Å²) in [5.74, 6) is 1.18. The number of ether oxygens (including phenoxy) is 2. The summed E-state index contributed by atoms with van der Waals surface area (Å²) < 4.78 is 11.9. The Balaban J connectivity index is 1.68. The molecule has 30 heavy (non-hydrogen) atoms. The van der Waals surface area contributed by atoms with Gasteiger partial charge in [-0.15, -0.1) is 11.3 Å². The van der Waals surface area contributed by atoms with Crippen LogP contribution in [0.1, 0.15) is 17.7 Å². The van der Waals surface area contributed by atoms with Gasteiger partial charge in [-0.2, -0.15) is 5.10 Å². The quantitative estimate of drug-likeness (QED) is 0.523. The Morgan fingerprint density at radius 3 is 2.57 bits per heavy atom. The fourth-order valence-corrected chi connectivity index (χ4v) is 3.79. The van der Waals surface area contributed by atoms with E-state index in [9.17, 15) is 9.59 Å². The van der Waals surface area contributed by atoms with Gasteiger partial charge in [-0.3, -0.25) is 9.59 Å². The lowest BCUT2D eigenvalue weighted by atomic mass is 10.1. The van der Waals surface area contributed by atoms with Gasteiger partial charge in [-0.25, -0.2) is 4.68 Å². The zero-order valence-corrected chi connectivity index (χ0v) is 18.1. The number of aryl methyl sites for hydroxylation is 1. The highest BCUT2D eigenvalue weighted by Crippen LogP contribution is 2.27. The second-order valence-electron chi connectivity index (χ2n) is 6.78. The SMILES string of the molecule is COc1ccc(-c2nn(CCCC(=O)N(C)Cc3cccs3)c(=O)cc2OC)cc1. The molecule has 0 unspecified atom stereocenters. The van der Waals surface area contributed by atoms with Crippen LogP contribution in [0.3, 0.4) is 0 Å². The molecule has 0 saturated carbocycles. The van der Waals surface area contributed by atoms with E-state index in [-0.39, 0.29) is 11.5 Å². The lowest BCUT2D eigenvalue weighted by Crippen LogP contribution is -2.27.